The van der Waals surface area contributed by atoms with Gasteiger partial charge in [0.2, 0.25) is 5.91 Å². The first-order valence-electron chi connectivity index (χ1n) is 7.67. The van der Waals surface area contributed by atoms with Gasteiger partial charge in [0.25, 0.3) is 0 Å². The van der Waals surface area contributed by atoms with E-state index in [4.69, 9.17) is 0 Å². The molecule has 0 atom stereocenters. The predicted molar refractivity (Wildman–Crippen MR) is 80.9 cm³/mol. The molecule has 0 saturated heterocycles. The molecule has 0 bridgehead atoms. The van der Waals surface area contributed by atoms with E-state index in [1.165, 1.54) is 12.8 Å². The zero-order chi connectivity index (χ0) is 14.3. The topological polar surface area (TPSA) is 46.9 Å². The van der Waals surface area contributed by atoms with E-state index in [0.29, 0.717) is 0 Å². The van der Waals surface area contributed by atoms with Crippen molar-refractivity contribution in [1.29, 1.82) is 0 Å². The zero-order valence-corrected chi connectivity index (χ0v) is 12.0. The molecule has 2 aliphatic rings. The summed E-state index contributed by atoms with van der Waals surface area (Å²) in [5, 5.41) is 7.41. The first-order chi connectivity index (χ1) is 10.3. The molecule has 0 spiro atoms. The van der Waals surface area contributed by atoms with Crippen LogP contribution in [-0.4, -0.2) is 15.7 Å². The van der Waals surface area contributed by atoms with Crippen LogP contribution in [0.25, 0.3) is 0 Å². The number of hydrogen-bond acceptors (Lipinski definition) is 2. The summed E-state index contributed by atoms with van der Waals surface area (Å²) < 4.78 is 1.93. The van der Waals surface area contributed by atoms with Crippen molar-refractivity contribution in [3.8, 4) is 0 Å². The molecule has 0 unspecified atom stereocenters. The van der Waals surface area contributed by atoms with Crippen LogP contribution in [0.1, 0.15) is 31.2 Å². The number of nitrogens with zero attached hydrogens (tertiary/aromatic N) is 2. The molecule has 1 aromatic carbocycles. The third kappa shape index (κ3) is 2.35. The van der Waals surface area contributed by atoms with Crippen molar-refractivity contribution in [3.05, 3.63) is 48.2 Å². The van der Waals surface area contributed by atoms with Crippen molar-refractivity contribution < 1.29 is 4.79 Å². The lowest BCUT2D eigenvalue weighted by Gasteiger charge is -2.16. The van der Waals surface area contributed by atoms with E-state index in [2.05, 4.69) is 10.4 Å². The van der Waals surface area contributed by atoms with Crippen LogP contribution in [0, 0.1) is 5.92 Å². The minimum absolute atomic E-state index is 0.103. The zero-order valence-electron chi connectivity index (χ0n) is 12.0. The highest BCUT2D eigenvalue weighted by Gasteiger charge is 2.51. The Hall–Kier alpha value is -2.10. The highest BCUT2D eigenvalue weighted by Crippen LogP contribution is 2.48. The number of amides is 1. The molecule has 1 aromatic heterocycles. The highest BCUT2D eigenvalue weighted by atomic mass is 16.2. The van der Waals surface area contributed by atoms with E-state index in [0.717, 1.165) is 36.7 Å². The minimum Gasteiger partial charge on any atom is -0.310 e. The lowest BCUT2D eigenvalue weighted by Crippen LogP contribution is -2.29. The van der Waals surface area contributed by atoms with Crippen LogP contribution >= 0.6 is 0 Å². The normalized spacial score (nSPS) is 19.2. The molecule has 21 heavy (non-hydrogen) atoms. The molecular formula is C17H19N3O. The SMILES string of the molecule is O=C(Nc1ccnn1CC1CC1)C1(c2ccccc2)CC1. The van der Waals surface area contributed by atoms with Gasteiger partial charge in [0.1, 0.15) is 5.82 Å². The average Bonchev–Trinajstić information content (AvgIpc) is 3.41. The summed E-state index contributed by atoms with van der Waals surface area (Å²) in [6, 6.07) is 12.0. The quantitative estimate of drug-likeness (QED) is 0.916. The summed E-state index contributed by atoms with van der Waals surface area (Å²) in [4.78, 5) is 12.7. The van der Waals surface area contributed by atoms with Crippen LogP contribution < -0.4 is 5.32 Å². The Balaban J connectivity index is 1.52. The number of anilines is 1. The van der Waals surface area contributed by atoms with Crippen LogP contribution in [-0.2, 0) is 16.8 Å². The Labute approximate surface area is 124 Å². The maximum absolute atomic E-state index is 12.7. The summed E-state index contributed by atoms with van der Waals surface area (Å²) in [6.45, 7) is 0.918. The van der Waals surface area contributed by atoms with Crippen LogP contribution in [0.5, 0.6) is 0 Å². The summed E-state index contributed by atoms with van der Waals surface area (Å²) in [5.74, 6) is 1.67. The molecule has 2 aliphatic carbocycles. The lowest BCUT2D eigenvalue weighted by atomic mass is 9.95. The molecule has 1 N–H and O–H groups in total. The minimum atomic E-state index is -0.323. The molecule has 4 nitrogen and oxygen atoms in total. The predicted octanol–water partition coefficient (Wildman–Crippen LogP) is 2.96. The van der Waals surface area contributed by atoms with Gasteiger partial charge in [-0.05, 0) is 37.2 Å². The van der Waals surface area contributed by atoms with Crippen molar-refractivity contribution >= 4 is 11.7 Å². The molecule has 0 radical (unpaired) electrons. The Morgan fingerprint density at radius 2 is 2.00 bits per heavy atom. The maximum atomic E-state index is 12.7. The number of benzene rings is 1. The molecule has 1 amide bonds. The third-order valence-corrected chi connectivity index (χ3v) is 4.60. The van der Waals surface area contributed by atoms with Crippen molar-refractivity contribution in [2.45, 2.75) is 37.6 Å². The number of carbonyl (C=O) groups excluding carboxylic acids is 1. The van der Waals surface area contributed by atoms with Crippen molar-refractivity contribution in [1.82, 2.24) is 9.78 Å². The van der Waals surface area contributed by atoms with E-state index in [9.17, 15) is 4.79 Å². The number of carbonyl (C=O) groups is 1. The fraction of sp³-hybridized carbons (Fsp3) is 0.412. The van der Waals surface area contributed by atoms with Crippen LogP contribution in [0.4, 0.5) is 5.82 Å². The average molecular weight is 281 g/mol. The van der Waals surface area contributed by atoms with Gasteiger partial charge in [-0.2, -0.15) is 5.10 Å². The molecule has 2 saturated carbocycles. The Morgan fingerprint density at radius 1 is 1.24 bits per heavy atom. The molecule has 4 rings (SSSR count). The third-order valence-electron chi connectivity index (χ3n) is 4.60. The second-order valence-electron chi connectivity index (χ2n) is 6.24. The standard InChI is InChI=1S/C17H19N3O/c21-16(17(9-10-17)14-4-2-1-3-5-14)19-15-8-11-18-20(15)12-13-6-7-13/h1-5,8,11,13H,6-7,9-10,12H2,(H,19,21). The second-order valence-corrected chi connectivity index (χ2v) is 6.24. The van der Waals surface area contributed by atoms with Crippen LogP contribution in [0.3, 0.4) is 0 Å². The summed E-state index contributed by atoms with van der Waals surface area (Å²) in [5.41, 5.74) is 0.798. The molecule has 0 aliphatic heterocycles. The van der Waals surface area contributed by atoms with Gasteiger partial charge in [0.15, 0.2) is 0 Å². The van der Waals surface area contributed by atoms with Gasteiger partial charge < -0.3 is 5.32 Å². The Kier molecular flexibility index (Phi) is 2.84. The molecule has 1 heterocycles. The van der Waals surface area contributed by atoms with Crippen LogP contribution in [0.2, 0.25) is 0 Å². The van der Waals surface area contributed by atoms with Gasteiger partial charge in [0, 0.05) is 12.6 Å². The molecule has 2 aromatic rings. The number of hydrogen-bond donors (Lipinski definition) is 1. The van der Waals surface area contributed by atoms with Gasteiger partial charge in [-0.3, -0.25) is 4.79 Å². The number of aromatic nitrogens is 2. The fourth-order valence-electron chi connectivity index (χ4n) is 2.89. The van der Waals surface area contributed by atoms with E-state index < -0.39 is 0 Å². The summed E-state index contributed by atoms with van der Waals surface area (Å²) in [6.07, 6.45) is 6.18. The van der Waals surface area contributed by atoms with Gasteiger partial charge >= 0.3 is 0 Å². The molecule has 2 fully saturated rings. The van der Waals surface area contributed by atoms with E-state index in [1.807, 2.05) is 41.1 Å². The molecular weight excluding hydrogens is 262 g/mol. The second kappa shape index (κ2) is 4.72. The molecule has 4 heteroatoms. The Morgan fingerprint density at radius 3 is 2.67 bits per heavy atom. The summed E-state index contributed by atoms with van der Waals surface area (Å²) in [7, 11) is 0. The van der Waals surface area contributed by atoms with Crippen molar-refractivity contribution in [3.63, 3.8) is 0 Å². The largest absolute Gasteiger partial charge is 0.310 e. The number of rotatable bonds is 5. The van der Waals surface area contributed by atoms with Crippen LogP contribution in [0.15, 0.2) is 42.6 Å². The van der Waals surface area contributed by atoms with Gasteiger partial charge in [-0.25, -0.2) is 4.68 Å². The van der Waals surface area contributed by atoms with E-state index in [1.54, 1.807) is 6.20 Å². The highest BCUT2D eigenvalue weighted by molar-refractivity contribution is 6.00. The maximum Gasteiger partial charge on any atom is 0.236 e. The van der Waals surface area contributed by atoms with Gasteiger partial charge in [-0.15, -0.1) is 0 Å². The van der Waals surface area contributed by atoms with Crippen molar-refractivity contribution in [2.24, 2.45) is 5.92 Å². The smallest absolute Gasteiger partial charge is 0.236 e. The van der Waals surface area contributed by atoms with E-state index >= 15 is 0 Å². The Bertz CT molecular complexity index is 654. The summed E-state index contributed by atoms with van der Waals surface area (Å²) >= 11 is 0. The monoisotopic (exact) mass is 281 g/mol. The van der Waals surface area contributed by atoms with Gasteiger partial charge in [0.05, 0.1) is 11.6 Å². The first kappa shape index (κ1) is 12.6. The number of nitrogens with one attached hydrogen (secondary N) is 1. The lowest BCUT2D eigenvalue weighted by molar-refractivity contribution is -0.118. The van der Waals surface area contributed by atoms with Gasteiger partial charge in [-0.1, -0.05) is 30.3 Å². The molecule has 108 valence electrons. The fourth-order valence-corrected chi connectivity index (χ4v) is 2.89. The van der Waals surface area contributed by atoms with Crippen molar-refractivity contribution in [2.75, 3.05) is 5.32 Å². The van der Waals surface area contributed by atoms with E-state index in [-0.39, 0.29) is 11.3 Å². The first-order valence-corrected chi connectivity index (χ1v) is 7.67.